The highest BCUT2D eigenvalue weighted by Crippen LogP contribution is 2.46. The molecule has 2 rings (SSSR count). The van der Waals surface area contributed by atoms with E-state index in [1.165, 1.54) is 12.0 Å². The molecule has 1 aliphatic carbocycles. The zero-order valence-corrected chi connectivity index (χ0v) is 8.01. The number of halogens is 1. The average Bonchev–Trinajstić information content (AvgIpc) is 2.16. The van der Waals surface area contributed by atoms with Gasteiger partial charge in [0.1, 0.15) is 0 Å². The van der Waals surface area contributed by atoms with Gasteiger partial charge in [0.25, 0.3) is 0 Å². The van der Waals surface area contributed by atoms with Crippen molar-refractivity contribution in [1.29, 1.82) is 0 Å². The van der Waals surface area contributed by atoms with Gasteiger partial charge in [0, 0.05) is 10.8 Å². The molecule has 1 aromatic rings. The van der Waals surface area contributed by atoms with Crippen molar-refractivity contribution in [3.05, 3.63) is 35.9 Å². The fraction of sp³-hybridized carbons (Fsp3) is 0.455. The van der Waals surface area contributed by atoms with E-state index in [0.29, 0.717) is 5.38 Å². The lowest BCUT2D eigenvalue weighted by Crippen LogP contribution is -2.42. The highest BCUT2D eigenvalue weighted by Gasteiger charge is 2.42. The summed E-state index contributed by atoms with van der Waals surface area (Å²) in [5.74, 6) is 0. The Hall–Kier alpha value is -0.490. The third-order valence-electron chi connectivity index (χ3n) is 3.04. The largest absolute Gasteiger partial charge is 0.122 e. The number of hydrogen-bond donors (Lipinski definition) is 0. The maximum absolute atomic E-state index is 6.19. The summed E-state index contributed by atoms with van der Waals surface area (Å²) in [6, 6.07) is 10.6. The smallest absolute Gasteiger partial charge is 0.0430 e. The van der Waals surface area contributed by atoms with Crippen LogP contribution in [0.25, 0.3) is 0 Å². The Balaban J connectivity index is 2.31. The average molecular weight is 181 g/mol. The molecule has 1 aromatic carbocycles. The van der Waals surface area contributed by atoms with Crippen molar-refractivity contribution in [2.24, 2.45) is 0 Å². The van der Waals surface area contributed by atoms with Crippen LogP contribution in [0.15, 0.2) is 30.3 Å². The fourth-order valence-corrected chi connectivity index (χ4v) is 2.17. The summed E-state index contributed by atoms with van der Waals surface area (Å²) in [6.45, 7) is 2.25. The van der Waals surface area contributed by atoms with E-state index in [1.807, 2.05) is 0 Å². The van der Waals surface area contributed by atoms with E-state index in [4.69, 9.17) is 11.6 Å². The first-order valence-corrected chi connectivity index (χ1v) is 4.87. The van der Waals surface area contributed by atoms with Crippen molar-refractivity contribution < 1.29 is 0 Å². The highest BCUT2D eigenvalue weighted by molar-refractivity contribution is 6.22. The van der Waals surface area contributed by atoms with Gasteiger partial charge in [0.15, 0.2) is 0 Å². The van der Waals surface area contributed by atoms with Crippen molar-refractivity contribution in [2.75, 3.05) is 0 Å². The van der Waals surface area contributed by atoms with Crippen LogP contribution in [0.5, 0.6) is 0 Å². The lowest BCUT2D eigenvalue weighted by Gasteiger charge is -2.44. The van der Waals surface area contributed by atoms with Crippen LogP contribution in [0, 0.1) is 0 Å². The first kappa shape index (κ1) is 8.12. The zero-order valence-electron chi connectivity index (χ0n) is 7.26. The zero-order chi connectivity index (χ0) is 8.60. The Morgan fingerprint density at radius 2 is 2.00 bits per heavy atom. The summed E-state index contributed by atoms with van der Waals surface area (Å²) >= 11 is 6.19. The van der Waals surface area contributed by atoms with Crippen molar-refractivity contribution in [3.63, 3.8) is 0 Å². The van der Waals surface area contributed by atoms with E-state index in [9.17, 15) is 0 Å². The molecule has 0 bridgehead atoms. The predicted molar refractivity (Wildman–Crippen MR) is 52.7 cm³/mol. The molecule has 0 amide bonds. The molecular weight excluding hydrogens is 168 g/mol. The molecule has 1 fully saturated rings. The molecule has 1 saturated carbocycles. The van der Waals surface area contributed by atoms with Gasteiger partial charge in [-0.1, -0.05) is 37.3 Å². The first-order chi connectivity index (χ1) is 5.73. The van der Waals surface area contributed by atoms with E-state index >= 15 is 0 Å². The molecule has 0 saturated heterocycles. The summed E-state index contributed by atoms with van der Waals surface area (Å²) < 4.78 is 0. The van der Waals surface area contributed by atoms with Gasteiger partial charge >= 0.3 is 0 Å². The summed E-state index contributed by atoms with van der Waals surface area (Å²) in [4.78, 5) is 0. The second-order valence-corrected chi connectivity index (χ2v) is 4.32. The van der Waals surface area contributed by atoms with Gasteiger partial charge in [-0.15, -0.1) is 11.6 Å². The lowest BCUT2D eigenvalue weighted by molar-refractivity contribution is 0.281. The van der Waals surface area contributed by atoms with Gasteiger partial charge in [-0.2, -0.15) is 0 Å². The Kier molecular flexibility index (Phi) is 1.88. The van der Waals surface area contributed by atoms with Crippen LogP contribution in [0.4, 0.5) is 0 Å². The third-order valence-corrected chi connectivity index (χ3v) is 3.74. The second-order valence-electron chi connectivity index (χ2n) is 3.79. The third kappa shape index (κ3) is 1.06. The van der Waals surface area contributed by atoms with Crippen molar-refractivity contribution in [2.45, 2.75) is 30.6 Å². The Morgan fingerprint density at radius 1 is 1.33 bits per heavy atom. The molecule has 0 nitrogen and oxygen atoms in total. The highest BCUT2D eigenvalue weighted by atomic mass is 35.5. The molecule has 12 heavy (non-hydrogen) atoms. The molecule has 0 N–H and O–H groups in total. The molecule has 0 radical (unpaired) electrons. The molecule has 0 heterocycles. The van der Waals surface area contributed by atoms with Gasteiger partial charge in [-0.3, -0.25) is 0 Å². The van der Waals surface area contributed by atoms with E-state index in [2.05, 4.69) is 37.3 Å². The standard InChI is InChI=1S/C11H13Cl/c1-11(8-7-10(11)12)9-5-3-2-4-6-9/h2-6,10H,7-8H2,1H3. The monoisotopic (exact) mass is 180 g/mol. The molecule has 2 atom stereocenters. The van der Waals surface area contributed by atoms with Gasteiger partial charge in [-0.05, 0) is 18.4 Å². The normalized spacial score (nSPS) is 34.3. The maximum atomic E-state index is 6.19. The summed E-state index contributed by atoms with van der Waals surface area (Å²) in [6.07, 6.45) is 2.39. The SMILES string of the molecule is CC1(c2ccccc2)CCC1Cl. The van der Waals surface area contributed by atoms with Crippen molar-refractivity contribution >= 4 is 11.6 Å². The van der Waals surface area contributed by atoms with Crippen LogP contribution >= 0.6 is 11.6 Å². The lowest BCUT2D eigenvalue weighted by atomic mass is 9.65. The minimum atomic E-state index is 0.239. The van der Waals surface area contributed by atoms with Gasteiger partial charge in [0.2, 0.25) is 0 Å². The minimum absolute atomic E-state index is 0.239. The van der Waals surface area contributed by atoms with Crippen LogP contribution in [0.3, 0.4) is 0 Å². The number of benzene rings is 1. The van der Waals surface area contributed by atoms with Crippen LogP contribution in [0.2, 0.25) is 0 Å². The Morgan fingerprint density at radius 3 is 2.42 bits per heavy atom. The first-order valence-electron chi connectivity index (χ1n) is 4.43. The van der Waals surface area contributed by atoms with Gasteiger partial charge in [-0.25, -0.2) is 0 Å². The molecular formula is C11H13Cl. The quantitative estimate of drug-likeness (QED) is 0.582. The van der Waals surface area contributed by atoms with Crippen LogP contribution in [-0.2, 0) is 5.41 Å². The van der Waals surface area contributed by atoms with Crippen LogP contribution in [0.1, 0.15) is 25.3 Å². The molecule has 0 aliphatic heterocycles. The van der Waals surface area contributed by atoms with E-state index < -0.39 is 0 Å². The van der Waals surface area contributed by atoms with Crippen molar-refractivity contribution in [3.8, 4) is 0 Å². The molecule has 1 heteroatoms. The molecule has 64 valence electrons. The summed E-state index contributed by atoms with van der Waals surface area (Å²) in [5.41, 5.74) is 1.62. The number of alkyl halides is 1. The predicted octanol–water partition coefficient (Wildman–Crippen LogP) is 3.35. The van der Waals surface area contributed by atoms with Gasteiger partial charge in [0.05, 0.1) is 0 Å². The summed E-state index contributed by atoms with van der Waals surface area (Å²) in [7, 11) is 0. The van der Waals surface area contributed by atoms with E-state index in [1.54, 1.807) is 0 Å². The Bertz CT molecular complexity index is 268. The van der Waals surface area contributed by atoms with E-state index in [0.717, 1.165) is 6.42 Å². The van der Waals surface area contributed by atoms with Crippen LogP contribution < -0.4 is 0 Å². The molecule has 0 spiro atoms. The van der Waals surface area contributed by atoms with E-state index in [-0.39, 0.29) is 5.41 Å². The Labute approximate surface area is 78.6 Å². The van der Waals surface area contributed by atoms with Gasteiger partial charge < -0.3 is 0 Å². The summed E-state index contributed by atoms with van der Waals surface area (Å²) in [5, 5.41) is 0.333. The number of rotatable bonds is 1. The molecule has 2 unspecified atom stereocenters. The van der Waals surface area contributed by atoms with Crippen molar-refractivity contribution in [1.82, 2.24) is 0 Å². The maximum Gasteiger partial charge on any atom is 0.0430 e. The minimum Gasteiger partial charge on any atom is -0.122 e. The fourth-order valence-electron chi connectivity index (χ4n) is 1.83. The topological polar surface area (TPSA) is 0 Å². The number of hydrogen-bond acceptors (Lipinski definition) is 0. The molecule has 1 aliphatic rings. The molecule has 0 aromatic heterocycles. The second kappa shape index (κ2) is 2.77. The van der Waals surface area contributed by atoms with Crippen LogP contribution in [-0.4, -0.2) is 5.38 Å².